The number of likely N-dealkylation sites (tertiary alicyclic amines) is 1. The molecule has 3 heterocycles. The van der Waals surface area contributed by atoms with Gasteiger partial charge in [-0.2, -0.15) is 4.98 Å². The molecule has 0 unspecified atom stereocenters. The maximum atomic E-state index is 12.2. The summed E-state index contributed by atoms with van der Waals surface area (Å²) in [5.41, 5.74) is 0.403. The van der Waals surface area contributed by atoms with Crippen LogP contribution in [0, 0.1) is 5.41 Å². The van der Waals surface area contributed by atoms with E-state index in [1.54, 1.807) is 0 Å². The predicted octanol–water partition coefficient (Wildman–Crippen LogP) is 2.37. The minimum absolute atomic E-state index is 0.0227. The third-order valence-electron chi connectivity index (χ3n) is 4.92. The van der Waals surface area contributed by atoms with Gasteiger partial charge in [0, 0.05) is 23.6 Å². The van der Waals surface area contributed by atoms with Crippen LogP contribution in [0.3, 0.4) is 0 Å². The van der Waals surface area contributed by atoms with Crippen molar-refractivity contribution >= 4 is 5.91 Å². The van der Waals surface area contributed by atoms with Crippen LogP contribution in [0.2, 0.25) is 0 Å². The molecule has 1 amide bonds. The van der Waals surface area contributed by atoms with E-state index in [4.69, 9.17) is 14.0 Å². The zero-order valence-corrected chi connectivity index (χ0v) is 16.0. The van der Waals surface area contributed by atoms with Gasteiger partial charge in [0.05, 0.1) is 6.04 Å². The van der Waals surface area contributed by atoms with Gasteiger partial charge in [-0.3, -0.25) is 9.69 Å². The Morgan fingerprint density at radius 2 is 2.04 bits per heavy atom. The Kier molecular flexibility index (Phi) is 4.30. The Morgan fingerprint density at radius 3 is 2.81 bits per heavy atom. The van der Waals surface area contributed by atoms with E-state index in [1.807, 2.05) is 46.0 Å². The topological polar surface area (TPSA) is 89.7 Å². The first-order valence-electron chi connectivity index (χ1n) is 9.06. The number of aromatic nitrogens is 2. The molecule has 0 saturated carbocycles. The van der Waals surface area contributed by atoms with Gasteiger partial charge in [-0.25, -0.2) is 0 Å². The largest absolute Gasteiger partial charge is 0.454 e. The van der Waals surface area contributed by atoms with Crippen LogP contribution < -0.4 is 14.8 Å². The first-order valence-corrected chi connectivity index (χ1v) is 9.06. The highest BCUT2D eigenvalue weighted by atomic mass is 16.7. The maximum Gasteiger partial charge on any atom is 0.244 e. The van der Waals surface area contributed by atoms with E-state index in [2.05, 4.69) is 20.4 Å². The summed E-state index contributed by atoms with van der Waals surface area (Å²) in [6, 6.07) is 5.61. The molecule has 2 aliphatic rings. The van der Waals surface area contributed by atoms with Crippen molar-refractivity contribution in [2.24, 2.45) is 5.41 Å². The summed E-state index contributed by atoms with van der Waals surface area (Å²) >= 11 is 0. The highest BCUT2D eigenvalue weighted by Gasteiger charge is 2.36. The summed E-state index contributed by atoms with van der Waals surface area (Å²) in [5.74, 6) is 2.52. The summed E-state index contributed by atoms with van der Waals surface area (Å²) in [6.45, 7) is 6.70. The molecule has 0 radical (unpaired) electrons. The van der Waals surface area contributed by atoms with Gasteiger partial charge < -0.3 is 19.3 Å². The second kappa shape index (κ2) is 6.53. The first-order chi connectivity index (χ1) is 12.8. The van der Waals surface area contributed by atoms with Crippen LogP contribution in [0.4, 0.5) is 0 Å². The zero-order chi connectivity index (χ0) is 19.2. The summed E-state index contributed by atoms with van der Waals surface area (Å²) in [4.78, 5) is 19.0. The van der Waals surface area contributed by atoms with Crippen molar-refractivity contribution < 1.29 is 18.8 Å². The molecule has 1 saturated heterocycles. The van der Waals surface area contributed by atoms with E-state index in [-0.39, 0.29) is 24.8 Å². The lowest BCUT2D eigenvalue weighted by atomic mass is 9.95. The average Bonchev–Trinajstić information content (AvgIpc) is 3.32. The van der Waals surface area contributed by atoms with Crippen molar-refractivity contribution in [3.05, 3.63) is 24.1 Å². The molecular weight excluding hydrogens is 348 g/mol. The Morgan fingerprint density at radius 1 is 1.26 bits per heavy atom. The van der Waals surface area contributed by atoms with Gasteiger partial charge in [0.15, 0.2) is 11.5 Å². The number of likely N-dealkylation sites (N-methyl/N-ethyl adjacent to an activating group) is 1. The number of carbonyl (C=O) groups is 1. The van der Waals surface area contributed by atoms with Crippen molar-refractivity contribution in [3.8, 4) is 22.9 Å². The number of fused-ring (bicyclic) bond motifs is 1. The van der Waals surface area contributed by atoms with Gasteiger partial charge >= 0.3 is 0 Å². The van der Waals surface area contributed by atoms with E-state index in [0.717, 1.165) is 24.3 Å². The van der Waals surface area contributed by atoms with E-state index >= 15 is 0 Å². The summed E-state index contributed by atoms with van der Waals surface area (Å²) in [6.07, 6.45) is 0.737. The number of nitrogens with one attached hydrogen (secondary N) is 1. The number of nitrogens with zero attached hydrogens (tertiary/aromatic N) is 3. The number of carbonyl (C=O) groups excluding carboxylic acids is 1. The number of benzene rings is 1. The third kappa shape index (κ3) is 3.49. The van der Waals surface area contributed by atoms with Crippen LogP contribution in [0.25, 0.3) is 11.4 Å². The standard InChI is InChI=1S/C19H24N4O4/c1-19(2,3)18(24)20-12-8-13(23(4)9-12)17-21-16(22-27-17)11-5-6-14-15(7-11)26-10-25-14/h5-7,12-13H,8-10H2,1-4H3,(H,20,24)/t12-,13-/m0/s1. The normalized spacial score (nSPS) is 22.2. The molecule has 0 bridgehead atoms. The Balaban J connectivity index is 1.48. The van der Waals surface area contributed by atoms with Gasteiger partial charge in [0.1, 0.15) is 0 Å². The molecule has 1 N–H and O–H groups in total. The van der Waals surface area contributed by atoms with Gasteiger partial charge in [-0.05, 0) is 31.7 Å². The minimum Gasteiger partial charge on any atom is -0.454 e. The summed E-state index contributed by atoms with van der Waals surface area (Å²) in [7, 11) is 2.00. The van der Waals surface area contributed by atoms with Crippen LogP contribution in [0.5, 0.6) is 11.5 Å². The smallest absolute Gasteiger partial charge is 0.244 e. The number of amides is 1. The number of rotatable bonds is 3. The molecule has 2 atom stereocenters. The number of ether oxygens (including phenoxy) is 2. The predicted molar refractivity (Wildman–Crippen MR) is 97.2 cm³/mol. The maximum absolute atomic E-state index is 12.2. The SMILES string of the molecule is CN1C[C@@H](NC(=O)C(C)(C)C)C[C@H]1c1nc(-c2ccc3c(c2)OCO3)no1. The molecule has 0 spiro atoms. The second-order valence-corrected chi connectivity index (χ2v) is 8.14. The number of hydrogen-bond donors (Lipinski definition) is 1. The fraction of sp³-hybridized carbons (Fsp3) is 0.526. The molecule has 4 rings (SSSR count). The third-order valence-corrected chi connectivity index (χ3v) is 4.92. The molecule has 2 aliphatic heterocycles. The van der Waals surface area contributed by atoms with Gasteiger partial charge in [0.2, 0.25) is 24.4 Å². The van der Waals surface area contributed by atoms with Gasteiger partial charge in [0.25, 0.3) is 0 Å². The molecule has 1 fully saturated rings. The number of hydrogen-bond acceptors (Lipinski definition) is 7. The van der Waals surface area contributed by atoms with Crippen molar-refractivity contribution in [1.82, 2.24) is 20.4 Å². The average molecular weight is 372 g/mol. The Bertz CT molecular complexity index is 858. The molecule has 144 valence electrons. The molecule has 2 aromatic rings. The quantitative estimate of drug-likeness (QED) is 0.885. The van der Waals surface area contributed by atoms with Crippen LogP contribution in [-0.4, -0.2) is 47.4 Å². The van der Waals surface area contributed by atoms with Crippen molar-refractivity contribution in [2.75, 3.05) is 20.4 Å². The molecule has 8 nitrogen and oxygen atoms in total. The Hall–Kier alpha value is -2.61. The lowest BCUT2D eigenvalue weighted by molar-refractivity contribution is -0.129. The van der Waals surface area contributed by atoms with Crippen molar-refractivity contribution in [2.45, 2.75) is 39.3 Å². The van der Waals surface area contributed by atoms with Crippen LogP contribution in [0.15, 0.2) is 22.7 Å². The monoisotopic (exact) mass is 372 g/mol. The highest BCUT2D eigenvalue weighted by molar-refractivity contribution is 5.81. The first kappa shape index (κ1) is 17.8. The fourth-order valence-electron chi connectivity index (χ4n) is 3.32. The van der Waals surface area contributed by atoms with Crippen molar-refractivity contribution in [3.63, 3.8) is 0 Å². The van der Waals surface area contributed by atoms with Crippen LogP contribution in [-0.2, 0) is 4.79 Å². The van der Waals surface area contributed by atoms with Crippen molar-refractivity contribution in [1.29, 1.82) is 0 Å². The molecule has 27 heavy (non-hydrogen) atoms. The molecule has 8 heteroatoms. The second-order valence-electron chi connectivity index (χ2n) is 8.14. The molecule has 1 aromatic carbocycles. The fourth-order valence-corrected chi connectivity index (χ4v) is 3.32. The van der Waals surface area contributed by atoms with Crippen LogP contribution in [0.1, 0.15) is 39.1 Å². The minimum atomic E-state index is -0.409. The Labute approximate surface area is 157 Å². The lowest BCUT2D eigenvalue weighted by Crippen LogP contribution is -2.42. The van der Waals surface area contributed by atoms with E-state index in [9.17, 15) is 4.79 Å². The van der Waals surface area contributed by atoms with Gasteiger partial charge in [-0.15, -0.1) is 0 Å². The summed E-state index contributed by atoms with van der Waals surface area (Å²) in [5, 5.41) is 7.23. The van der Waals surface area contributed by atoms with Crippen LogP contribution >= 0.6 is 0 Å². The molecule has 1 aromatic heterocycles. The van der Waals surface area contributed by atoms with E-state index in [1.165, 1.54) is 0 Å². The lowest BCUT2D eigenvalue weighted by Gasteiger charge is -2.21. The highest BCUT2D eigenvalue weighted by Crippen LogP contribution is 2.36. The zero-order valence-electron chi connectivity index (χ0n) is 16.0. The summed E-state index contributed by atoms with van der Waals surface area (Å²) < 4.78 is 16.3. The van der Waals surface area contributed by atoms with E-state index in [0.29, 0.717) is 17.5 Å². The molecule has 0 aliphatic carbocycles. The van der Waals surface area contributed by atoms with Gasteiger partial charge in [-0.1, -0.05) is 25.9 Å². The van der Waals surface area contributed by atoms with E-state index < -0.39 is 5.41 Å². The molecular formula is C19H24N4O4.